The lowest BCUT2D eigenvalue weighted by Crippen LogP contribution is -2.32. The predicted octanol–water partition coefficient (Wildman–Crippen LogP) is 4.26. The Morgan fingerprint density at radius 3 is 2.78 bits per heavy atom. The molecule has 0 aliphatic heterocycles. The average Bonchev–Trinajstić information content (AvgIpc) is 3.37. The zero-order chi connectivity index (χ0) is 22.7. The first-order chi connectivity index (χ1) is 15.3. The van der Waals surface area contributed by atoms with E-state index >= 15 is 0 Å². The molecule has 0 saturated carbocycles. The minimum absolute atomic E-state index is 0.175. The third-order valence-corrected chi connectivity index (χ3v) is 5.21. The Bertz CT molecular complexity index is 1230. The summed E-state index contributed by atoms with van der Waals surface area (Å²) in [4.78, 5) is 20.4. The Morgan fingerprint density at radius 2 is 2.03 bits per heavy atom. The molecular formula is C21H21FN6O3S. The Hall–Kier alpha value is -3.47. The molecule has 0 radical (unpaired) electrons. The predicted molar refractivity (Wildman–Crippen MR) is 116 cm³/mol. The zero-order valence-electron chi connectivity index (χ0n) is 17.7. The van der Waals surface area contributed by atoms with Crippen LogP contribution < -0.4 is 5.32 Å². The summed E-state index contributed by atoms with van der Waals surface area (Å²) in [5, 5.41) is 12.6. The lowest BCUT2D eigenvalue weighted by Gasteiger charge is -2.19. The van der Waals surface area contributed by atoms with Crippen LogP contribution >= 0.6 is 11.8 Å². The van der Waals surface area contributed by atoms with Crippen LogP contribution in [0.25, 0.3) is 16.7 Å². The Kier molecular flexibility index (Phi) is 6.08. The number of hydrogen-bond donors (Lipinski definition) is 1. The SMILES string of the molecule is CC(C)(C)OC(=O)NCc1cc(CSc2ncnc3c2cnn3-c2ccc(F)cc2)no1. The van der Waals surface area contributed by atoms with E-state index in [1.54, 1.807) is 49.8 Å². The van der Waals surface area contributed by atoms with Gasteiger partial charge in [0.2, 0.25) is 0 Å². The maximum absolute atomic E-state index is 13.2. The molecule has 0 atom stereocenters. The summed E-state index contributed by atoms with van der Waals surface area (Å²) in [5.74, 6) is 0.705. The van der Waals surface area contributed by atoms with Gasteiger partial charge in [0.1, 0.15) is 22.8 Å². The van der Waals surface area contributed by atoms with E-state index < -0.39 is 11.7 Å². The van der Waals surface area contributed by atoms with Crippen molar-refractivity contribution >= 4 is 28.9 Å². The smallest absolute Gasteiger partial charge is 0.408 e. The number of hydrogen-bond acceptors (Lipinski definition) is 8. The summed E-state index contributed by atoms with van der Waals surface area (Å²) in [6, 6.07) is 7.79. The van der Waals surface area contributed by atoms with Crippen molar-refractivity contribution in [3.63, 3.8) is 0 Å². The van der Waals surface area contributed by atoms with Gasteiger partial charge in [0.25, 0.3) is 0 Å². The van der Waals surface area contributed by atoms with Gasteiger partial charge in [0, 0.05) is 11.8 Å². The van der Waals surface area contributed by atoms with Gasteiger partial charge in [-0.15, -0.1) is 0 Å². The molecule has 4 rings (SSSR count). The molecule has 3 aromatic heterocycles. The summed E-state index contributed by atoms with van der Waals surface area (Å²) < 4.78 is 25.3. The Labute approximate surface area is 187 Å². The highest BCUT2D eigenvalue weighted by Crippen LogP contribution is 2.28. The molecule has 0 aliphatic carbocycles. The van der Waals surface area contributed by atoms with Crippen LogP contribution in [0.15, 0.2) is 52.4 Å². The van der Waals surface area contributed by atoms with Gasteiger partial charge >= 0.3 is 6.09 Å². The van der Waals surface area contributed by atoms with Crippen LogP contribution in [0.4, 0.5) is 9.18 Å². The van der Waals surface area contributed by atoms with Crippen LogP contribution in [-0.2, 0) is 17.0 Å². The molecule has 1 amide bonds. The Balaban J connectivity index is 1.41. The summed E-state index contributed by atoms with van der Waals surface area (Å²) in [7, 11) is 0. The number of amides is 1. The van der Waals surface area contributed by atoms with Gasteiger partial charge in [0.05, 0.1) is 29.5 Å². The first kappa shape index (κ1) is 21.8. The van der Waals surface area contributed by atoms with Crippen molar-refractivity contribution in [2.75, 3.05) is 0 Å². The number of aromatic nitrogens is 5. The highest BCUT2D eigenvalue weighted by molar-refractivity contribution is 7.98. The van der Waals surface area contributed by atoms with E-state index in [4.69, 9.17) is 9.26 Å². The standard InChI is InChI=1S/C21H21FN6O3S/c1-21(2,3)30-20(29)23-9-16-8-14(27-31-16)11-32-19-17-10-26-28(18(17)24-12-25-19)15-6-4-13(22)5-7-15/h4-8,10,12H,9,11H2,1-3H3,(H,23,29). The summed E-state index contributed by atoms with van der Waals surface area (Å²) >= 11 is 1.46. The van der Waals surface area contributed by atoms with Crippen molar-refractivity contribution in [1.29, 1.82) is 0 Å². The highest BCUT2D eigenvalue weighted by Gasteiger charge is 2.17. The minimum atomic E-state index is -0.569. The van der Waals surface area contributed by atoms with Crippen LogP contribution in [0, 0.1) is 5.82 Å². The number of alkyl carbamates (subject to hydrolysis) is 1. The lowest BCUT2D eigenvalue weighted by atomic mass is 10.2. The molecule has 0 aliphatic rings. The number of thioether (sulfide) groups is 1. The third-order valence-electron chi connectivity index (χ3n) is 4.17. The number of nitrogens with one attached hydrogen (secondary N) is 1. The molecule has 11 heteroatoms. The van der Waals surface area contributed by atoms with Crippen molar-refractivity contribution in [2.45, 2.75) is 43.7 Å². The van der Waals surface area contributed by atoms with E-state index in [0.717, 1.165) is 10.4 Å². The fourth-order valence-corrected chi connectivity index (χ4v) is 3.67. The number of carbonyl (C=O) groups is 1. The van der Waals surface area contributed by atoms with Gasteiger partial charge in [0.15, 0.2) is 11.4 Å². The molecule has 3 heterocycles. The second-order valence-electron chi connectivity index (χ2n) is 7.88. The molecule has 9 nitrogen and oxygen atoms in total. The molecule has 4 aromatic rings. The topological polar surface area (TPSA) is 108 Å². The van der Waals surface area contributed by atoms with Crippen LogP contribution in [0.3, 0.4) is 0 Å². The summed E-state index contributed by atoms with van der Waals surface area (Å²) in [6.07, 6.45) is 2.62. The zero-order valence-corrected chi connectivity index (χ0v) is 18.5. The second kappa shape index (κ2) is 8.95. The second-order valence-corrected chi connectivity index (χ2v) is 8.84. The van der Waals surface area contributed by atoms with Gasteiger partial charge in [-0.05, 0) is 45.0 Å². The quantitative estimate of drug-likeness (QED) is 0.339. The van der Waals surface area contributed by atoms with Gasteiger partial charge in [-0.25, -0.2) is 23.8 Å². The van der Waals surface area contributed by atoms with E-state index in [2.05, 4.69) is 25.5 Å². The molecule has 1 N–H and O–H groups in total. The van der Waals surface area contributed by atoms with Crippen LogP contribution in [-0.4, -0.2) is 36.6 Å². The molecule has 32 heavy (non-hydrogen) atoms. The Morgan fingerprint density at radius 1 is 1.25 bits per heavy atom. The summed E-state index contributed by atoms with van der Waals surface area (Å²) in [5.41, 5.74) is 1.46. The highest BCUT2D eigenvalue weighted by atomic mass is 32.2. The third kappa shape index (κ3) is 5.22. The molecular weight excluding hydrogens is 435 g/mol. The number of halogens is 1. The van der Waals surface area contributed by atoms with Crippen LogP contribution in [0.1, 0.15) is 32.2 Å². The molecule has 0 unspecified atom stereocenters. The van der Waals surface area contributed by atoms with Gasteiger partial charge in [-0.2, -0.15) is 5.10 Å². The van der Waals surface area contributed by atoms with Crippen molar-refractivity contribution in [2.24, 2.45) is 0 Å². The number of fused-ring (bicyclic) bond motifs is 1. The maximum Gasteiger partial charge on any atom is 0.408 e. The van der Waals surface area contributed by atoms with Crippen molar-refractivity contribution in [1.82, 2.24) is 30.2 Å². The van der Waals surface area contributed by atoms with Crippen LogP contribution in [0.5, 0.6) is 0 Å². The molecule has 0 spiro atoms. The number of nitrogens with zero attached hydrogens (tertiary/aromatic N) is 5. The first-order valence-corrected chi connectivity index (χ1v) is 10.8. The lowest BCUT2D eigenvalue weighted by molar-refractivity contribution is 0.0519. The molecule has 0 fully saturated rings. The van der Waals surface area contributed by atoms with E-state index in [1.165, 1.54) is 30.2 Å². The average molecular weight is 457 g/mol. The van der Waals surface area contributed by atoms with E-state index in [9.17, 15) is 9.18 Å². The van der Waals surface area contributed by atoms with Crippen molar-refractivity contribution in [3.8, 4) is 5.69 Å². The molecule has 0 bridgehead atoms. The van der Waals surface area contributed by atoms with Gasteiger partial charge in [-0.3, -0.25) is 0 Å². The first-order valence-electron chi connectivity index (χ1n) is 9.77. The maximum atomic E-state index is 13.2. The largest absolute Gasteiger partial charge is 0.444 e. The number of ether oxygens (including phenoxy) is 1. The van der Waals surface area contributed by atoms with Crippen molar-refractivity contribution < 1.29 is 18.4 Å². The molecule has 166 valence electrons. The normalized spacial score (nSPS) is 11.6. The van der Waals surface area contributed by atoms with Crippen LogP contribution in [0.2, 0.25) is 0 Å². The fraction of sp³-hybridized carbons (Fsp3) is 0.286. The number of carbonyl (C=O) groups excluding carboxylic acids is 1. The van der Waals surface area contributed by atoms with Gasteiger partial charge < -0.3 is 14.6 Å². The summed E-state index contributed by atoms with van der Waals surface area (Å²) in [6.45, 7) is 5.56. The van der Waals surface area contributed by atoms with E-state index in [-0.39, 0.29) is 12.4 Å². The molecule has 0 saturated heterocycles. The molecule has 1 aromatic carbocycles. The van der Waals surface area contributed by atoms with E-state index in [1.807, 2.05) is 0 Å². The fourth-order valence-electron chi connectivity index (χ4n) is 2.83. The van der Waals surface area contributed by atoms with Gasteiger partial charge in [-0.1, -0.05) is 16.9 Å². The van der Waals surface area contributed by atoms with Crippen molar-refractivity contribution in [3.05, 3.63) is 60.1 Å². The monoisotopic (exact) mass is 456 g/mol. The minimum Gasteiger partial charge on any atom is -0.444 e. The number of rotatable bonds is 6. The van der Waals surface area contributed by atoms with E-state index in [0.29, 0.717) is 28.5 Å². The number of benzene rings is 1.